The van der Waals surface area contributed by atoms with Crippen molar-refractivity contribution in [2.24, 2.45) is 0 Å². The first-order valence-corrected chi connectivity index (χ1v) is 7.73. The molecule has 0 aromatic heterocycles. The van der Waals surface area contributed by atoms with E-state index in [0.29, 0.717) is 17.5 Å². The maximum absolute atomic E-state index is 3.72. The molecule has 0 aromatic carbocycles. The van der Waals surface area contributed by atoms with Crippen LogP contribution < -0.4 is 15.4 Å². The van der Waals surface area contributed by atoms with Crippen molar-refractivity contribution in [2.75, 3.05) is 0 Å². The summed E-state index contributed by atoms with van der Waals surface area (Å²) >= 11 is 0. The molecular weight excluding hydrogens is 255 g/mol. The van der Waals surface area contributed by atoms with Gasteiger partial charge in [0.25, 0.3) is 20.9 Å². The Balaban J connectivity index is 1.54. The fraction of sp³-hybridized carbons (Fsp3) is 0.200. The zero-order chi connectivity index (χ0) is 14.1. The van der Waals surface area contributed by atoms with Crippen LogP contribution in [0.4, 0.5) is 0 Å². The largest absolute Gasteiger partial charge is 0.370 e. The molecule has 3 aliphatic carbocycles. The highest BCUT2D eigenvalue weighted by Crippen LogP contribution is 2.25. The Morgan fingerprint density at radius 3 is 0.905 bits per heavy atom. The molecule has 1 saturated heterocycles. The fourth-order valence-electron chi connectivity index (χ4n) is 3.41. The highest BCUT2D eigenvalue weighted by molar-refractivity contribution is 6.89. The van der Waals surface area contributed by atoms with Crippen LogP contribution in [-0.4, -0.2) is 20.9 Å². The molecule has 6 heteroatoms. The molecule has 0 atom stereocenters. The summed E-state index contributed by atoms with van der Waals surface area (Å²) in [4.78, 5) is 0. The molecule has 4 aliphatic rings. The van der Waals surface area contributed by atoms with E-state index in [1.54, 1.807) is 0 Å². The van der Waals surface area contributed by atoms with Crippen LogP contribution in [0.3, 0.4) is 0 Å². The van der Waals surface area contributed by atoms with Gasteiger partial charge in [-0.25, -0.2) is 0 Å². The lowest BCUT2D eigenvalue weighted by Gasteiger charge is -2.38. The smallest absolute Gasteiger partial charge is 0.296 e. The molecule has 0 amide bonds. The zero-order valence-electron chi connectivity index (χ0n) is 11.9. The summed E-state index contributed by atoms with van der Waals surface area (Å²) in [6, 6.07) is 0. The third-order valence-corrected chi connectivity index (χ3v) is 4.57. The van der Waals surface area contributed by atoms with E-state index in [-0.39, 0.29) is 20.9 Å². The van der Waals surface area contributed by atoms with Crippen molar-refractivity contribution in [2.45, 2.75) is 17.5 Å². The maximum atomic E-state index is 3.72. The van der Waals surface area contributed by atoms with E-state index in [0.717, 1.165) is 0 Å². The third-order valence-electron chi connectivity index (χ3n) is 4.57. The van der Waals surface area contributed by atoms with Gasteiger partial charge in [0.2, 0.25) is 0 Å². The van der Waals surface area contributed by atoms with Crippen LogP contribution in [0, 0.1) is 0 Å². The summed E-state index contributed by atoms with van der Waals surface area (Å²) in [6.45, 7) is 0.795. The van der Waals surface area contributed by atoms with Crippen LogP contribution in [0.15, 0.2) is 72.9 Å². The summed E-state index contributed by atoms with van der Waals surface area (Å²) in [5.41, 5.74) is 0. The Morgan fingerprint density at radius 1 is 0.429 bits per heavy atom. The van der Waals surface area contributed by atoms with E-state index in [1.165, 1.54) is 0 Å². The van der Waals surface area contributed by atoms with Crippen LogP contribution in [-0.2, 0) is 0 Å². The predicted molar refractivity (Wildman–Crippen MR) is 92.8 cm³/mol. The fourth-order valence-corrected chi connectivity index (χ4v) is 3.41. The van der Waals surface area contributed by atoms with Crippen LogP contribution in [0.25, 0.3) is 0 Å². The monoisotopic (exact) mass is 273 g/mol. The Morgan fingerprint density at radius 2 is 0.667 bits per heavy atom. The lowest BCUT2D eigenvalue weighted by atomic mass is 9.39. The molecule has 0 aromatic rings. The van der Waals surface area contributed by atoms with Crippen molar-refractivity contribution in [3.05, 3.63) is 72.9 Å². The van der Waals surface area contributed by atoms with Crippen LogP contribution in [0.1, 0.15) is 0 Å². The standard InChI is InChI=1S/C15H18B3N3/c1-2-8-13(7-1)16-19-17(14-9-3-4-10-14)21-18(20-16)15-11-5-6-12-15/h1-15,19-21H. The summed E-state index contributed by atoms with van der Waals surface area (Å²) in [6.07, 6.45) is 26.3. The van der Waals surface area contributed by atoms with Crippen molar-refractivity contribution in [3.63, 3.8) is 0 Å². The van der Waals surface area contributed by atoms with Crippen molar-refractivity contribution in [3.8, 4) is 0 Å². The second kappa shape index (κ2) is 5.72. The number of rotatable bonds is 3. The first kappa shape index (κ1) is 13.2. The Bertz CT molecular complexity index is 456. The highest BCUT2D eigenvalue weighted by Gasteiger charge is 2.42. The van der Waals surface area contributed by atoms with Crippen molar-refractivity contribution < 1.29 is 0 Å². The normalized spacial score (nSPS) is 25.4. The quantitative estimate of drug-likeness (QED) is 0.685. The van der Waals surface area contributed by atoms with E-state index >= 15 is 0 Å². The van der Waals surface area contributed by atoms with Gasteiger partial charge in [-0.15, -0.1) is 0 Å². The topological polar surface area (TPSA) is 36.1 Å². The second-order valence-electron chi connectivity index (χ2n) is 5.97. The number of hydrogen-bond acceptors (Lipinski definition) is 3. The molecule has 3 N–H and O–H groups in total. The van der Waals surface area contributed by atoms with Gasteiger partial charge in [0.1, 0.15) is 0 Å². The molecule has 3 nitrogen and oxygen atoms in total. The molecule has 4 rings (SSSR count). The van der Waals surface area contributed by atoms with Crippen LogP contribution in [0.2, 0.25) is 17.5 Å². The molecule has 102 valence electrons. The highest BCUT2D eigenvalue weighted by atomic mass is 15.1. The van der Waals surface area contributed by atoms with E-state index < -0.39 is 0 Å². The average Bonchev–Trinajstić information content (AvgIpc) is 3.29. The van der Waals surface area contributed by atoms with Gasteiger partial charge in [0.15, 0.2) is 0 Å². The first-order valence-electron chi connectivity index (χ1n) is 7.73. The summed E-state index contributed by atoms with van der Waals surface area (Å²) in [7, 11) is 0. The second-order valence-corrected chi connectivity index (χ2v) is 5.97. The number of hydrogen-bond donors (Lipinski definition) is 3. The van der Waals surface area contributed by atoms with Gasteiger partial charge < -0.3 is 15.4 Å². The molecule has 0 radical (unpaired) electrons. The van der Waals surface area contributed by atoms with Crippen molar-refractivity contribution in [1.29, 1.82) is 0 Å². The average molecular weight is 273 g/mol. The molecule has 0 unspecified atom stereocenters. The van der Waals surface area contributed by atoms with E-state index in [1.807, 2.05) is 0 Å². The van der Waals surface area contributed by atoms with Crippen molar-refractivity contribution >= 4 is 20.9 Å². The molecule has 1 heterocycles. The molecule has 21 heavy (non-hydrogen) atoms. The minimum atomic E-state index is 0.265. The lowest BCUT2D eigenvalue weighted by molar-refractivity contribution is 1.03. The SMILES string of the molecule is C1=CC(B2NB(C3C=CC=C3)NB(C3C=CC=C3)N2)C=C1. The summed E-state index contributed by atoms with van der Waals surface area (Å²) < 4.78 is 0. The van der Waals surface area contributed by atoms with Gasteiger partial charge in [-0.1, -0.05) is 72.9 Å². The lowest BCUT2D eigenvalue weighted by Crippen LogP contribution is -2.77. The molecule has 0 bridgehead atoms. The summed E-state index contributed by atoms with van der Waals surface area (Å²) in [5.74, 6) is 1.25. The zero-order valence-corrected chi connectivity index (χ0v) is 11.9. The van der Waals surface area contributed by atoms with Gasteiger partial charge in [0, 0.05) is 17.5 Å². The minimum absolute atomic E-state index is 0.265. The Kier molecular flexibility index (Phi) is 3.59. The predicted octanol–water partition coefficient (Wildman–Crippen LogP) is 1.72. The third kappa shape index (κ3) is 2.67. The van der Waals surface area contributed by atoms with E-state index in [4.69, 9.17) is 0 Å². The molecule has 1 fully saturated rings. The molecule has 1 aliphatic heterocycles. The Hall–Kier alpha value is -1.49. The number of nitrogens with one attached hydrogen (secondary N) is 3. The minimum Gasteiger partial charge on any atom is -0.370 e. The van der Waals surface area contributed by atoms with Crippen molar-refractivity contribution in [1.82, 2.24) is 15.4 Å². The van der Waals surface area contributed by atoms with Gasteiger partial charge >= 0.3 is 0 Å². The Labute approximate surface area is 127 Å². The van der Waals surface area contributed by atoms with Crippen LogP contribution in [0.5, 0.6) is 0 Å². The van der Waals surface area contributed by atoms with E-state index in [2.05, 4.69) is 88.3 Å². The molecule has 0 spiro atoms. The molecular formula is C15H18B3N3. The van der Waals surface area contributed by atoms with Crippen LogP contribution >= 0.6 is 0 Å². The van der Waals surface area contributed by atoms with Gasteiger partial charge in [-0.05, 0) is 0 Å². The first-order chi connectivity index (χ1) is 10.4. The number of allylic oxidation sites excluding steroid dienone is 12. The van der Waals surface area contributed by atoms with E-state index in [9.17, 15) is 0 Å². The maximum Gasteiger partial charge on any atom is 0.296 e. The van der Waals surface area contributed by atoms with Gasteiger partial charge in [-0.2, -0.15) is 0 Å². The summed E-state index contributed by atoms with van der Waals surface area (Å²) in [5, 5.41) is 11.1. The van der Waals surface area contributed by atoms with Gasteiger partial charge in [0.05, 0.1) is 0 Å². The molecule has 0 saturated carbocycles. The van der Waals surface area contributed by atoms with Gasteiger partial charge in [-0.3, -0.25) is 0 Å².